The Labute approximate surface area is 421 Å². The summed E-state index contributed by atoms with van der Waals surface area (Å²) < 4.78 is 41.5. The molecular weight excluding hydrogens is 954 g/mol. The van der Waals surface area contributed by atoms with Crippen molar-refractivity contribution in [2.75, 3.05) is 19.4 Å². The van der Waals surface area contributed by atoms with Gasteiger partial charge >= 0.3 is 0 Å². The van der Waals surface area contributed by atoms with Crippen molar-refractivity contribution in [2.45, 2.75) is 44.7 Å². The molecule has 0 saturated heterocycles. The van der Waals surface area contributed by atoms with E-state index in [2.05, 4.69) is 44.9 Å². The van der Waals surface area contributed by atoms with Gasteiger partial charge in [-0.2, -0.15) is 0 Å². The minimum atomic E-state index is -0.850. The van der Waals surface area contributed by atoms with Gasteiger partial charge in [0.05, 0.1) is 17.4 Å². The van der Waals surface area contributed by atoms with Crippen LogP contribution in [-0.4, -0.2) is 61.5 Å². The van der Waals surface area contributed by atoms with Crippen LogP contribution in [0.15, 0.2) is 202 Å². The Morgan fingerprint density at radius 1 is 0.507 bits per heavy atom. The van der Waals surface area contributed by atoms with Gasteiger partial charge in [-0.15, -0.1) is 42.9 Å². The van der Waals surface area contributed by atoms with Gasteiger partial charge in [-0.25, -0.2) is 0 Å². The lowest BCUT2D eigenvalue weighted by molar-refractivity contribution is 0.109. The SMILES string of the molecule is C=C[C@@H](O)c1cc(OCc2ccccc2)no1.C=C[C@@H](O)c1cc(OCc2ccccc2)no1.C=C[C@@H](c1cc(OCc2ccccc2)no1)N(C)C.ClCCl.O=Cc1cc(OCc2ccccc2)no1. The Bertz CT molecular complexity index is 2590. The van der Waals surface area contributed by atoms with Gasteiger partial charge in [-0.3, -0.25) is 9.69 Å². The second-order valence-electron chi connectivity index (χ2n) is 14.6. The molecule has 0 aliphatic rings. The molecule has 71 heavy (non-hydrogen) atoms. The number of aliphatic hydroxyl groups is 2. The minimum Gasteiger partial charge on any atom is -0.471 e. The van der Waals surface area contributed by atoms with Crippen molar-refractivity contribution in [3.05, 3.63) is 229 Å². The topological polar surface area (TPSA) is 202 Å². The quantitative estimate of drug-likeness (QED) is 0.0414. The van der Waals surface area contributed by atoms with Crippen molar-refractivity contribution in [3.8, 4) is 23.5 Å². The fourth-order valence-electron chi connectivity index (χ4n) is 5.57. The number of ether oxygens (including phenoxy) is 4. The van der Waals surface area contributed by atoms with E-state index >= 15 is 0 Å². The number of carbonyl (C=O) groups excluding carboxylic acids is 1. The molecule has 4 aromatic carbocycles. The molecule has 372 valence electrons. The van der Waals surface area contributed by atoms with E-state index in [4.69, 9.17) is 55.7 Å². The van der Waals surface area contributed by atoms with E-state index in [9.17, 15) is 15.0 Å². The lowest BCUT2D eigenvalue weighted by Gasteiger charge is -2.16. The van der Waals surface area contributed by atoms with Gasteiger partial charge < -0.3 is 47.3 Å². The first kappa shape index (κ1) is 55.9. The smallest absolute Gasteiger partial charge is 0.255 e. The standard InChI is InChI=1S/C15H18N2O2.2C13H13NO3.C11H9NO3.CH2Cl2/c1-4-13(17(2)3)14-10-15(16-19-14)18-11-12-8-6-5-7-9-12;2*1-2-11(15)12-8-13(14-17-12)16-9-10-6-4-3-5-7-10;13-7-10-6-11(12-15-10)14-8-9-4-2-1-3-5-9;2-1-3/h4-10,13H,1,11H2,2-3H3;2*2-8,11,15H,1,9H2;1-7H,8H2;1H2/t13-;2*11-;;/m011../s1. The predicted octanol–water partition coefficient (Wildman–Crippen LogP) is 11.5. The van der Waals surface area contributed by atoms with E-state index in [-0.39, 0.29) is 17.1 Å². The number of hydrogen-bond donors (Lipinski definition) is 2. The monoisotopic (exact) mass is 1010 g/mol. The van der Waals surface area contributed by atoms with Crippen LogP contribution in [0.25, 0.3) is 0 Å². The minimum absolute atomic E-state index is 0.00146. The Morgan fingerprint density at radius 3 is 1.08 bits per heavy atom. The van der Waals surface area contributed by atoms with Gasteiger partial charge in [-0.05, 0) is 57.0 Å². The Kier molecular flexibility index (Phi) is 25.3. The van der Waals surface area contributed by atoms with Crippen molar-refractivity contribution >= 4 is 29.5 Å². The molecule has 16 nitrogen and oxygen atoms in total. The number of likely N-dealkylation sites (N-methyl/N-ethyl adjacent to an activating group) is 1. The normalized spacial score (nSPS) is 11.4. The summed E-state index contributed by atoms with van der Waals surface area (Å²) in [5.41, 5.74) is 4.22. The van der Waals surface area contributed by atoms with E-state index in [0.29, 0.717) is 67.8 Å². The molecule has 0 fully saturated rings. The average molecular weight is 1010 g/mol. The van der Waals surface area contributed by atoms with Gasteiger partial charge in [0, 0.05) is 18.2 Å². The van der Waals surface area contributed by atoms with E-state index < -0.39 is 12.2 Å². The summed E-state index contributed by atoms with van der Waals surface area (Å²) >= 11 is 9.53. The molecule has 8 aromatic rings. The molecule has 0 aliphatic carbocycles. The number of aromatic nitrogens is 4. The van der Waals surface area contributed by atoms with Crippen LogP contribution >= 0.6 is 23.2 Å². The first-order valence-electron chi connectivity index (χ1n) is 21.6. The number of aldehydes is 1. The Balaban J connectivity index is 0.000000202. The van der Waals surface area contributed by atoms with Crippen LogP contribution in [0.3, 0.4) is 0 Å². The van der Waals surface area contributed by atoms with Crippen LogP contribution < -0.4 is 18.9 Å². The highest BCUT2D eigenvalue weighted by molar-refractivity contribution is 6.40. The zero-order valence-electron chi connectivity index (χ0n) is 39.1. The summed E-state index contributed by atoms with van der Waals surface area (Å²) in [6.45, 7) is 12.4. The lowest BCUT2D eigenvalue weighted by atomic mass is 10.2. The fourth-order valence-corrected chi connectivity index (χ4v) is 5.57. The number of carbonyl (C=O) groups is 1. The number of benzene rings is 4. The summed E-state index contributed by atoms with van der Waals surface area (Å²) in [6.07, 6.45) is 3.42. The third-order valence-electron chi connectivity index (χ3n) is 9.16. The largest absolute Gasteiger partial charge is 0.471 e. The second kappa shape index (κ2) is 32.2. The average Bonchev–Trinajstić information content (AvgIpc) is 4.27. The number of halogens is 2. The molecule has 4 heterocycles. The Hall–Kier alpha value is -7.73. The molecule has 0 bridgehead atoms. The number of rotatable bonds is 20. The molecule has 0 saturated carbocycles. The number of hydrogen-bond acceptors (Lipinski definition) is 16. The first-order chi connectivity index (χ1) is 34.6. The second-order valence-corrected chi connectivity index (χ2v) is 15.4. The molecule has 8 rings (SSSR count). The van der Waals surface area contributed by atoms with Crippen LogP contribution in [-0.2, 0) is 26.4 Å². The highest BCUT2D eigenvalue weighted by atomic mass is 35.5. The highest BCUT2D eigenvalue weighted by Gasteiger charge is 2.17. The van der Waals surface area contributed by atoms with Gasteiger partial charge in [0.2, 0.25) is 5.76 Å². The van der Waals surface area contributed by atoms with Crippen LogP contribution in [0.2, 0.25) is 0 Å². The summed E-state index contributed by atoms with van der Waals surface area (Å²) in [6, 6.07) is 45.5. The van der Waals surface area contributed by atoms with Gasteiger partial charge in [-0.1, -0.05) is 140 Å². The molecule has 18 heteroatoms. The molecule has 2 N–H and O–H groups in total. The summed E-state index contributed by atoms with van der Waals surface area (Å²) in [5, 5.41) is 33.9. The molecule has 0 aliphatic heterocycles. The molecule has 0 unspecified atom stereocenters. The van der Waals surface area contributed by atoms with Crippen molar-refractivity contribution in [1.82, 2.24) is 25.5 Å². The van der Waals surface area contributed by atoms with Crippen LogP contribution in [0.5, 0.6) is 23.5 Å². The molecule has 0 amide bonds. The Morgan fingerprint density at radius 2 is 0.803 bits per heavy atom. The molecule has 3 atom stereocenters. The molecule has 0 spiro atoms. The number of nitrogens with zero attached hydrogens (tertiary/aromatic N) is 5. The lowest BCUT2D eigenvalue weighted by Crippen LogP contribution is -2.16. The van der Waals surface area contributed by atoms with E-state index in [1.165, 1.54) is 18.2 Å². The maximum atomic E-state index is 10.3. The third kappa shape index (κ3) is 20.8. The third-order valence-corrected chi connectivity index (χ3v) is 9.16. The predicted molar refractivity (Wildman–Crippen MR) is 268 cm³/mol. The molecular formula is C53H55Cl2N5O11. The summed E-state index contributed by atoms with van der Waals surface area (Å²) in [7, 11) is 3.92. The molecule has 0 radical (unpaired) electrons. The van der Waals surface area contributed by atoms with Crippen molar-refractivity contribution < 1.29 is 52.0 Å². The van der Waals surface area contributed by atoms with Crippen molar-refractivity contribution in [2.24, 2.45) is 0 Å². The number of alkyl halides is 2. The summed E-state index contributed by atoms with van der Waals surface area (Å²) in [5.74, 6) is 3.05. The van der Waals surface area contributed by atoms with E-state index in [1.807, 2.05) is 146 Å². The van der Waals surface area contributed by atoms with Crippen molar-refractivity contribution in [1.29, 1.82) is 0 Å². The van der Waals surface area contributed by atoms with Crippen molar-refractivity contribution in [3.63, 3.8) is 0 Å². The van der Waals surface area contributed by atoms with E-state index in [0.717, 1.165) is 28.0 Å². The number of aliphatic hydroxyl groups excluding tert-OH is 2. The first-order valence-corrected chi connectivity index (χ1v) is 22.7. The maximum Gasteiger partial charge on any atom is 0.255 e. The van der Waals surface area contributed by atoms with E-state index in [1.54, 1.807) is 18.2 Å². The highest BCUT2D eigenvalue weighted by Crippen LogP contribution is 2.24. The van der Waals surface area contributed by atoms with Gasteiger partial charge in [0.1, 0.15) is 38.6 Å². The van der Waals surface area contributed by atoms with Gasteiger partial charge in [0.25, 0.3) is 23.5 Å². The zero-order chi connectivity index (χ0) is 51.1. The summed E-state index contributed by atoms with van der Waals surface area (Å²) in [4.78, 5) is 12.3. The fraction of sp³-hybridized carbons (Fsp3) is 0.189. The zero-order valence-corrected chi connectivity index (χ0v) is 40.6. The van der Waals surface area contributed by atoms with Gasteiger partial charge in [0.15, 0.2) is 23.6 Å². The van der Waals surface area contributed by atoms with Crippen LogP contribution in [0.4, 0.5) is 0 Å². The van der Waals surface area contributed by atoms with Crippen LogP contribution in [0.1, 0.15) is 68.3 Å². The maximum absolute atomic E-state index is 10.3. The molecule has 4 aromatic heterocycles. The van der Waals surface area contributed by atoms with Crippen LogP contribution in [0, 0.1) is 0 Å².